The Morgan fingerprint density at radius 2 is 2.08 bits per heavy atom. The molecular formula is C18H16N2O3S2. The summed E-state index contributed by atoms with van der Waals surface area (Å²) in [7, 11) is 0. The number of thiazole rings is 1. The van der Waals surface area contributed by atoms with Crippen molar-refractivity contribution in [1.82, 2.24) is 10.3 Å². The maximum absolute atomic E-state index is 12.0. The molecule has 1 aromatic heterocycles. The van der Waals surface area contributed by atoms with E-state index in [1.165, 1.54) is 4.70 Å². The molecule has 0 bridgehead atoms. The molecule has 0 aliphatic carbocycles. The number of carbonyl (C=O) groups is 1. The Morgan fingerprint density at radius 1 is 1.20 bits per heavy atom. The molecule has 5 nitrogen and oxygen atoms in total. The second-order valence-corrected chi connectivity index (χ2v) is 7.63. The molecule has 0 saturated heterocycles. The van der Waals surface area contributed by atoms with Gasteiger partial charge in [0.05, 0.1) is 16.0 Å². The molecule has 2 heterocycles. The molecule has 128 valence electrons. The summed E-state index contributed by atoms with van der Waals surface area (Å²) in [6.45, 7) is 0.741. The van der Waals surface area contributed by atoms with Gasteiger partial charge in [0, 0.05) is 12.3 Å². The van der Waals surface area contributed by atoms with E-state index in [1.54, 1.807) is 23.1 Å². The van der Waals surface area contributed by atoms with E-state index in [2.05, 4.69) is 16.4 Å². The number of hydrogen-bond acceptors (Lipinski definition) is 6. The molecule has 0 spiro atoms. The molecule has 0 radical (unpaired) electrons. The van der Waals surface area contributed by atoms with Gasteiger partial charge in [-0.25, -0.2) is 4.98 Å². The number of aromatic nitrogens is 1. The first kappa shape index (κ1) is 16.2. The summed E-state index contributed by atoms with van der Waals surface area (Å²) in [5.74, 6) is 2.67. The summed E-state index contributed by atoms with van der Waals surface area (Å²) in [5, 5.41) is 3.98. The van der Waals surface area contributed by atoms with Gasteiger partial charge in [-0.15, -0.1) is 23.1 Å². The predicted octanol–water partition coefficient (Wildman–Crippen LogP) is 3.57. The van der Waals surface area contributed by atoms with Crippen molar-refractivity contribution in [3.63, 3.8) is 0 Å². The number of thioether (sulfide) groups is 1. The third kappa shape index (κ3) is 3.88. The van der Waals surface area contributed by atoms with Gasteiger partial charge in [-0.05, 0) is 29.8 Å². The largest absolute Gasteiger partial charge is 0.454 e. The zero-order valence-electron chi connectivity index (χ0n) is 13.4. The van der Waals surface area contributed by atoms with Crippen molar-refractivity contribution >= 4 is 39.2 Å². The number of carbonyl (C=O) groups excluding carboxylic acids is 1. The van der Waals surface area contributed by atoms with Crippen LogP contribution in [0.1, 0.15) is 10.6 Å². The number of benzene rings is 2. The first-order valence-electron chi connectivity index (χ1n) is 7.85. The topological polar surface area (TPSA) is 60.5 Å². The standard InChI is InChI=1S/C18H16N2O3S2/c21-17(19-8-12-5-6-14-15(7-12)23-11-22-14)9-24-10-18-20-13-3-1-2-4-16(13)25-18/h1-7H,8-11H2,(H,19,21). The number of para-hydroxylation sites is 1. The van der Waals surface area contributed by atoms with Crippen molar-refractivity contribution in [3.8, 4) is 11.5 Å². The monoisotopic (exact) mass is 372 g/mol. The number of nitrogens with zero attached hydrogens (tertiary/aromatic N) is 1. The zero-order valence-corrected chi connectivity index (χ0v) is 15.0. The Kier molecular flexibility index (Phi) is 4.76. The number of rotatable bonds is 6. The van der Waals surface area contributed by atoms with E-state index in [9.17, 15) is 4.79 Å². The molecule has 3 aromatic rings. The molecule has 1 aliphatic rings. The fraction of sp³-hybridized carbons (Fsp3) is 0.222. The Morgan fingerprint density at radius 3 is 3.00 bits per heavy atom. The first-order chi connectivity index (χ1) is 12.3. The fourth-order valence-electron chi connectivity index (χ4n) is 2.52. The number of hydrogen-bond donors (Lipinski definition) is 1. The molecule has 2 aromatic carbocycles. The van der Waals surface area contributed by atoms with Crippen LogP contribution in [-0.2, 0) is 17.1 Å². The average Bonchev–Trinajstić information content (AvgIpc) is 3.25. The number of amides is 1. The van der Waals surface area contributed by atoms with Gasteiger partial charge in [0.15, 0.2) is 11.5 Å². The second-order valence-electron chi connectivity index (χ2n) is 5.53. The SMILES string of the molecule is O=C(CSCc1nc2ccccc2s1)NCc1ccc2c(c1)OCO2. The average molecular weight is 372 g/mol. The zero-order chi connectivity index (χ0) is 17.1. The molecule has 0 atom stereocenters. The van der Waals surface area contributed by atoms with Gasteiger partial charge in [0.1, 0.15) is 5.01 Å². The Labute approximate surface area is 153 Å². The van der Waals surface area contributed by atoms with E-state index < -0.39 is 0 Å². The summed E-state index contributed by atoms with van der Waals surface area (Å²) in [6.07, 6.45) is 0. The molecule has 1 N–H and O–H groups in total. The predicted molar refractivity (Wildman–Crippen MR) is 100 cm³/mol. The Balaban J connectivity index is 1.24. The van der Waals surface area contributed by atoms with Crippen LogP contribution in [-0.4, -0.2) is 23.4 Å². The highest BCUT2D eigenvalue weighted by atomic mass is 32.2. The van der Waals surface area contributed by atoms with E-state index in [1.807, 2.05) is 36.4 Å². The summed E-state index contributed by atoms with van der Waals surface area (Å²) in [5.41, 5.74) is 2.02. The molecule has 0 fully saturated rings. The van der Waals surface area contributed by atoms with Crippen LogP contribution in [0.5, 0.6) is 11.5 Å². The maximum atomic E-state index is 12.0. The van der Waals surface area contributed by atoms with Crippen molar-refractivity contribution in [1.29, 1.82) is 0 Å². The summed E-state index contributed by atoms with van der Waals surface area (Å²) in [4.78, 5) is 16.6. The van der Waals surface area contributed by atoms with Crippen molar-refractivity contribution < 1.29 is 14.3 Å². The quantitative estimate of drug-likeness (QED) is 0.717. The maximum Gasteiger partial charge on any atom is 0.231 e. The smallest absolute Gasteiger partial charge is 0.231 e. The van der Waals surface area contributed by atoms with Crippen molar-refractivity contribution in [2.75, 3.05) is 12.5 Å². The highest BCUT2D eigenvalue weighted by Gasteiger charge is 2.13. The van der Waals surface area contributed by atoms with Crippen LogP contribution in [0, 0.1) is 0 Å². The van der Waals surface area contributed by atoms with Gasteiger partial charge in [0.25, 0.3) is 0 Å². The molecule has 1 amide bonds. The highest BCUT2D eigenvalue weighted by Crippen LogP contribution is 2.32. The van der Waals surface area contributed by atoms with Gasteiger partial charge in [-0.1, -0.05) is 18.2 Å². The summed E-state index contributed by atoms with van der Waals surface area (Å²) in [6, 6.07) is 13.8. The van der Waals surface area contributed by atoms with Gasteiger partial charge >= 0.3 is 0 Å². The van der Waals surface area contributed by atoms with Crippen LogP contribution in [0.15, 0.2) is 42.5 Å². The van der Waals surface area contributed by atoms with Crippen molar-refractivity contribution in [2.45, 2.75) is 12.3 Å². The Bertz CT molecular complexity index is 877. The minimum absolute atomic E-state index is 0.0174. The van der Waals surface area contributed by atoms with E-state index in [0.29, 0.717) is 12.3 Å². The van der Waals surface area contributed by atoms with Crippen LogP contribution in [0.3, 0.4) is 0 Å². The molecule has 25 heavy (non-hydrogen) atoms. The molecule has 0 unspecified atom stereocenters. The lowest BCUT2D eigenvalue weighted by molar-refractivity contribution is -0.118. The normalized spacial score (nSPS) is 12.5. The number of ether oxygens (including phenoxy) is 2. The minimum atomic E-state index is 0.0174. The molecule has 0 saturated carbocycles. The lowest BCUT2D eigenvalue weighted by Crippen LogP contribution is -2.24. The first-order valence-corrected chi connectivity index (χ1v) is 9.82. The minimum Gasteiger partial charge on any atom is -0.454 e. The lowest BCUT2D eigenvalue weighted by Gasteiger charge is -2.06. The lowest BCUT2D eigenvalue weighted by atomic mass is 10.2. The van der Waals surface area contributed by atoms with E-state index in [-0.39, 0.29) is 12.7 Å². The van der Waals surface area contributed by atoms with E-state index >= 15 is 0 Å². The molecular weight excluding hydrogens is 356 g/mol. The molecule has 7 heteroatoms. The third-order valence-corrected chi connectivity index (χ3v) is 5.89. The van der Waals surface area contributed by atoms with Gasteiger partial charge in [-0.2, -0.15) is 0 Å². The number of fused-ring (bicyclic) bond motifs is 2. The van der Waals surface area contributed by atoms with E-state index in [0.717, 1.165) is 33.3 Å². The third-order valence-electron chi connectivity index (χ3n) is 3.72. The van der Waals surface area contributed by atoms with Crippen LogP contribution >= 0.6 is 23.1 Å². The summed E-state index contributed by atoms with van der Waals surface area (Å²) < 4.78 is 11.8. The van der Waals surface area contributed by atoms with Crippen LogP contribution in [0.25, 0.3) is 10.2 Å². The van der Waals surface area contributed by atoms with Crippen LogP contribution in [0.2, 0.25) is 0 Å². The van der Waals surface area contributed by atoms with Gasteiger partial charge < -0.3 is 14.8 Å². The number of nitrogens with one attached hydrogen (secondary N) is 1. The molecule has 1 aliphatic heterocycles. The van der Waals surface area contributed by atoms with Gasteiger partial charge in [-0.3, -0.25) is 4.79 Å². The van der Waals surface area contributed by atoms with Crippen molar-refractivity contribution in [3.05, 3.63) is 53.0 Å². The second kappa shape index (κ2) is 7.33. The summed E-state index contributed by atoms with van der Waals surface area (Å²) >= 11 is 3.26. The fourth-order valence-corrected chi connectivity index (χ4v) is 4.39. The van der Waals surface area contributed by atoms with E-state index in [4.69, 9.17) is 9.47 Å². The van der Waals surface area contributed by atoms with Gasteiger partial charge in [0.2, 0.25) is 12.7 Å². The van der Waals surface area contributed by atoms with Crippen molar-refractivity contribution in [2.24, 2.45) is 0 Å². The molecule has 4 rings (SSSR count). The Hall–Kier alpha value is -2.25. The highest BCUT2D eigenvalue weighted by molar-refractivity contribution is 7.99. The van der Waals surface area contributed by atoms with Crippen LogP contribution < -0.4 is 14.8 Å². The van der Waals surface area contributed by atoms with Crippen LogP contribution in [0.4, 0.5) is 0 Å².